The lowest BCUT2D eigenvalue weighted by molar-refractivity contribution is 0.105. The molecule has 0 amide bonds. The third-order valence-electron chi connectivity index (χ3n) is 4.66. The molecule has 0 spiro atoms. The maximum atomic E-state index is 4.44. The molecule has 1 aromatic rings. The number of fused-ring (bicyclic) bond motifs is 1. The van der Waals surface area contributed by atoms with Crippen molar-refractivity contribution in [3.05, 3.63) is 30.1 Å². The first-order valence-electron chi connectivity index (χ1n) is 7.15. The van der Waals surface area contributed by atoms with Gasteiger partial charge in [0.1, 0.15) is 0 Å². The van der Waals surface area contributed by atoms with Gasteiger partial charge in [-0.05, 0) is 56.9 Å². The van der Waals surface area contributed by atoms with Gasteiger partial charge in [-0.2, -0.15) is 0 Å². The fraction of sp³-hybridized carbons (Fsp3) is 0.667. The molecule has 2 fully saturated rings. The first-order chi connectivity index (χ1) is 8.84. The topological polar surface area (TPSA) is 28.2 Å². The monoisotopic (exact) mass is 245 g/mol. The Morgan fingerprint density at radius 2 is 2.28 bits per heavy atom. The van der Waals surface area contributed by atoms with Crippen LogP contribution in [0.15, 0.2) is 24.4 Å². The lowest BCUT2D eigenvalue weighted by atomic mass is 9.77. The Kier molecular flexibility index (Phi) is 3.62. The number of hydrogen-bond acceptors (Lipinski definition) is 3. The van der Waals surface area contributed by atoms with Crippen LogP contribution in [0.25, 0.3) is 0 Å². The van der Waals surface area contributed by atoms with Crippen LogP contribution < -0.4 is 5.32 Å². The third-order valence-corrected chi connectivity index (χ3v) is 4.66. The molecule has 98 valence electrons. The molecule has 2 aliphatic rings. The predicted molar refractivity (Wildman–Crippen MR) is 73.2 cm³/mol. The maximum absolute atomic E-state index is 4.44. The summed E-state index contributed by atoms with van der Waals surface area (Å²) in [5.41, 5.74) is 1.19. The summed E-state index contributed by atoms with van der Waals surface area (Å²) in [5, 5.41) is 3.57. The van der Waals surface area contributed by atoms with Crippen molar-refractivity contribution in [2.45, 2.75) is 31.8 Å². The molecule has 1 saturated carbocycles. The Morgan fingerprint density at radius 1 is 1.33 bits per heavy atom. The van der Waals surface area contributed by atoms with Crippen LogP contribution in [0.1, 0.15) is 25.0 Å². The van der Waals surface area contributed by atoms with Crippen molar-refractivity contribution in [2.24, 2.45) is 11.8 Å². The molecule has 0 bridgehead atoms. The van der Waals surface area contributed by atoms with Crippen LogP contribution >= 0.6 is 0 Å². The molecule has 3 heteroatoms. The zero-order chi connectivity index (χ0) is 12.4. The number of rotatable bonds is 3. The van der Waals surface area contributed by atoms with E-state index in [1.165, 1.54) is 38.0 Å². The van der Waals surface area contributed by atoms with Gasteiger partial charge < -0.3 is 5.32 Å². The van der Waals surface area contributed by atoms with Crippen LogP contribution in [-0.4, -0.2) is 36.1 Å². The number of aromatic nitrogens is 1. The fourth-order valence-corrected chi connectivity index (χ4v) is 3.73. The summed E-state index contributed by atoms with van der Waals surface area (Å²) >= 11 is 0. The van der Waals surface area contributed by atoms with Crippen molar-refractivity contribution >= 4 is 0 Å². The third kappa shape index (κ3) is 2.43. The van der Waals surface area contributed by atoms with Gasteiger partial charge in [0, 0.05) is 18.8 Å². The van der Waals surface area contributed by atoms with Gasteiger partial charge in [-0.1, -0.05) is 12.5 Å². The van der Waals surface area contributed by atoms with Crippen LogP contribution in [0.4, 0.5) is 0 Å². The summed E-state index contributed by atoms with van der Waals surface area (Å²) in [7, 11) is 2.26. The molecule has 0 unspecified atom stereocenters. The normalized spacial score (nSPS) is 31.6. The van der Waals surface area contributed by atoms with Gasteiger partial charge in [0.25, 0.3) is 0 Å². The van der Waals surface area contributed by atoms with Gasteiger partial charge in [-0.3, -0.25) is 9.88 Å². The van der Waals surface area contributed by atoms with Crippen LogP contribution in [0.3, 0.4) is 0 Å². The minimum absolute atomic E-state index is 0.737. The molecule has 1 N–H and O–H groups in total. The highest BCUT2D eigenvalue weighted by atomic mass is 15.2. The second-order valence-electron chi connectivity index (χ2n) is 5.82. The zero-order valence-electron chi connectivity index (χ0n) is 11.2. The number of nitrogens with one attached hydrogen (secondary N) is 1. The molecule has 2 heterocycles. The smallest absolute Gasteiger partial charge is 0.0543 e. The van der Waals surface area contributed by atoms with E-state index in [-0.39, 0.29) is 0 Å². The van der Waals surface area contributed by atoms with Crippen molar-refractivity contribution in [3.8, 4) is 0 Å². The van der Waals surface area contributed by atoms with E-state index < -0.39 is 0 Å². The number of hydrogen-bond donors (Lipinski definition) is 1. The van der Waals surface area contributed by atoms with Gasteiger partial charge in [0.05, 0.1) is 5.69 Å². The average molecular weight is 245 g/mol. The molecular formula is C15H23N3. The lowest BCUT2D eigenvalue weighted by Gasteiger charge is -2.39. The Labute approximate surface area is 110 Å². The maximum Gasteiger partial charge on any atom is 0.0543 e. The average Bonchev–Trinajstić information content (AvgIpc) is 2.87. The van der Waals surface area contributed by atoms with E-state index >= 15 is 0 Å². The first-order valence-corrected chi connectivity index (χ1v) is 7.15. The van der Waals surface area contributed by atoms with Crippen LogP contribution in [0, 0.1) is 11.8 Å². The predicted octanol–water partition coefficient (Wildman–Crippen LogP) is 1.90. The lowest BCUT2D eigenvalue weighted by Crippen LogP contribution is -2.43. The summed E-state index contributed by atoms with van der Waals surface area (Å²) in [6, 6.07) is 6.93. The van der Waals surface area contributed by atoms with Crippen LogP contribution in [-0.2, 0) is 6.54 Å². The van der Waals surface area contributed by atoms with E-state index in [4.69, 9.17) is 0 Å². The Bertz CT molecular complexity index is 379. The summed E-state index contributed by atoms with van der Waals surface area (Å²) in [5.74, 6) is 1.77. The molecule has 1 aromatic heterocycles. The fourth-order valence-electron chi connectivity index (χ4n) is 3.73. The minimum atomic E-state index is 0.737. The van der Waals surface area contributed by atoms with Gasteiger partial charge in [-0.25, -0.2) is 0 Å². The number of pyridine rings is 1. The second-order valence-corrected chi connectivity index (χ2v) is 5.82. The Balaban J connectivity index is 1.66. The summed E-state index contributed by atoms with van der Waals surface area (Å²) < 4.78 is 0. The van der Waals surface area contributed by atoms with E-state index in [1.54, 1.807) is 0 Å². The largest absolute Gasteiger partial charge is 0.316 e. The molecule has 18 heavy (non-hydrogen) atoms. The molecule has 3 nitrogen and oxygen atoms in total. The summed E-state index contributed by atoms with van der Waals surface area (Å²) in [4.78, 5) is 6.96. The van der Waals surface area contributed by atoms with E-state index in [2.05, 4.69) is 34.4 Å². The van der Waals surface area contributed by atoms with Crippen molar-refractivity contribution in [1.29, 1.82) is 0 Å². The van der Waals surface area contributed by atoms with E-state index in [0.29, 0.717) is 0 Å². The van der Waals surface area contributed by atoms with Gasteiger partial charge in [0.2, 0.25) is 0 Å². The minimum Gasteiger partial charge on any atom is -0.316 e. The van der Waals surface area contributed by atoms with Gasteiger partial charge >= 0.3 is 0 Å². The van der Waals surface area contributed by atoms with Crippen LogP contribution in [0.5, 0.6) is 0 Å². The highest BCUT2D eigenvalue weighted by molar-refractivity contribution is 5.04. The molecule has 3 atom stereocenters. The SMILES string of the molecule is CN(Cc1ccccn1)[C@@H]1CCC[C@@H]2CNC[C@@H]21. The second kappa shape index (κ2) is 5.37. The van der Waals surface area contributed by atoms with Gasteiger partial charge in [-0.15, -0.1) is 0 Å². The summed E-state index contributed by atoms with van der Waals surface area (Å²) in [6.45, 7) is 3.43. The van der Waals surface area contributed by atoms with Crippen molar-refractivity contribution in [3.63, 3.8) is 0 Å². The van der Waals surface area contributed by atoms with Gasteiger partial charge in [0.15, 0.2) is 0 Å². The van der Waals surface area contributed by atoms with E-state index in [0.717, 1.165) is 24.4 Å². The quantitative estimate of drug-likeness (QED) is 0.881. The molecule has 0 radical (unpaired) electrons. The molecule has 1 aliphatic heterocycles. The highest BCUT2D eigenvalue weighted by Gasteiger charge is 2.38. The molecule has 1 aliphatic carbocycles. The first kappa shape index (κ1) is 12.1. The number of nitrogens with zero attached hydrogens (tertiary/aromatic N) is 2. The molecule has 3 rings (SSSR count). The van der Waals surface area contributed by atoms with E-state index in [9.17, 15) is 0 Å². The standard InChI is InChI=1S/C15H23N3/c1-18(11-13-6-2-3-8-17-13)15-7-4-5-12-9-16-10-14(12)15/h2-3,6,8,12,14-16H,4-5,7,9-11H2,1H3/t12-,14+,15-/m1/s1. The van der Waals surface area contributed by atoms with Crippen molar-refractivity contribution in [1.82, 2.24) is 15.2 Å². The molecular weight excluding hydrogens is 222 g/mol. The van der Waals surface area contributed by atoms with E-state index in [1.807, 2.05) is 12.3 Å². The Hall–Kier alpha value is -0.930. The highest BCUT2D eigenvalue weighted by Crippen LogP contribution is 2.35. The molecule has 0 aromatic carbocycles. The van der Waals surface area contributed by atoms with Crippen molar-refractivity contribution < 1.29 is 0 Å². The molecule has 1 saturated heterocycles. The van der Waals surface area contributed by atoms with Crippen molar-refractivity contribution in [2.75, 3.05) is 20.1 Å². The Morgan fingerprint density at radius 3 is 3.11 bits per heavy atom. The zero-order valence-corrected chi connectivity index (χ0v) is 11.2. The summed E-state index contributed by atoms with van der Waals surface area (Å²) in [6.07, 6.45) is 6.06. The van der Waals surface area contributed by atoms with Crippen LogP contribution in [0.2, 0.25) is 0 Å².